The number of rotatable bonds is 0. The zero-order valence-electron chi connectivity index (χ0n) is 7.14. The fourth-order valence-corrected chi connectivity index (χ4v) is 1.62. The van der Waals surface area contributed by atoms with Gasteiger partial charge in [0.25, 0.3) is 0 Å². The lowest BCUT2D eigenvalue weighted by molar-refractivity contribution is 0.927. The van der Waals surface area contributed by atoms with E-state index in [-0.39, 0.29) is 0 Å². The lowest BCUT2D eigenvalue weighted by atomic mass is 9.98. The molecule has 1 aromatic carbocycles. The van der Waals surface area contributed by atoms with Gasteiger partial charge in [0.15, 0.2) is 0 Å². The second-order valence-corrected chi connectivity index (χ2v) is 3.12. The smallest absolute Gasteiger partial charge is 0.0129 e. The lowest BCUT2D eigenvalue weighted by Crippen LogP contribution is -1.95. The molecule has 60 valence electrons. The highest BCUT2D eigenvalue weighted by Gasteiger charge is 2.01. The van der Waals surface area contributed by atoms with Crippen LogP contribution in [-0.2, 0) is 12.8 Å². The Hall–Kier alpha value is -1.22. The van der Waals surface area contributed by atoms with Crippen LogP contribution in [0.25, 0.3) is 0 Å². The third-order valence-corrected chi connectivity index (χ3v) is 2.28. The van der Waals surface area contributed by atoms with E-state index in [1.54, 1.807) is 0 Å². The van der Waals surface area contributed by atoms with Gasteiger partial charge < -0.3 is 0 Å². The van der Waals surface area contributed by atoms with Crippen LogP contribution in [0.2, 0.25) is 0 Å². The predicted molar refractivity (Wildman–Crippen MR) is 50.9 cm³/mol. The van der Waals surface area contributed by atoms with Gasteiger partial charge >= 0.3 is 0 Å². The van der Waals surface area contributed by atoms with E-state index in [9.17, 15) is 0 Å². The molecule has 2 rings (SSSR count). The predicted octanol–water partition coefficient (Wildman–Crippen LogP) is 2.57. The fourth-order valence-electron chi connectivity index (χ4n) is 1.62. The molecule has 0 saturated carbocycles. The van der Waals surface area contributed by atoms with E-state index >= 15 is 0 Å². The number of hydrogen-bond donors (Lipinski definition) is 0. The summed E-state index contributed by atoms with van der Waals surface area (Å²) in [6, 6.07) is 8.69. The molecule has 0 aromatic heterocycles. The molecule has 12 heavy (non-hydrogen) atoms. The summed E-state index contributed by atoms with van der Waals surface area (Å²) in [7, 11) is 0. The van der Waals surface area contributed by atoms with E-state index in [0.29, 0.717) is 0 Å². The highest BCUT2D eigenvalue weighted by atomic mass is 14.1. The van der Waals surface area contributed by atoms with Gasteiger partial charge in [-0.1, -0.05) is 24.3 Å². The standard InChI is InChI=1S/C12H12/c1-2-4-8-12-10-6-5-9-11(12)7-3-1/h5-6,9-10H,3-4,7-8H2. The highest BCUT2D eigenvalue weighted by molar-refractivity contribution is 5.29. The molecule has 0 amide bonds. The van der Waals surface area contributed by atoms with Gasteiger partial charge in [0.05, 0.1) is 0 Å². The molecule has 1 aliphatic carbocycles. The van der Waals surface area contributed by atoms with Gasteiger partial charge in [-0.3, -0.25) is 0 Å². The van der Waals surface area contributed by atoms with Gasteiger partial charge in [0.1, 0.15) is 0 Å². The van der Waals surface area contributed by atoms with Gasteiger partial charge in [-0.05, 0) is 24.0 Å². The molecule has 0 nitrogen and oxygen atoms in total. The van der Waals surface area contributed by atoms with Crippen molar-refractivity contribution in [2.45, 2.75) is 25.7 Å². The first-order valence-electron chi connectivity index (χ1n) is 4.49. The lowest BCUT2D eigenvalue weighted by Gasteiger charge is -2.07. The van der Waals surface area contributed by atoms with E-state index < -0.39 is 0 Å². The molecule has 0 radical (unpaired) electrons. The molecule has 0 fully saturated rings. The molecule has 0 bridgehead atoms. The largest absolute Gasteiger partial charge is 0.103 e. The van der Waals surface area contributed by atoms with E-state index in [4.69, 9.17) is 0 Å². The zero-order valence-corrected chi connectivity index (χ0v) is 7.14. The molecule has 1 aromatic rings. The number of hydrogen-bond acceptors (Lipinski definition) is 0. The van der Waals surface area contributed by atoms with Crippen LogP contribution in [0, 0.1) is 11.8 Å². The zero-order chi connectivity index (χ0) is 8.23. The summed E-state index contributed by atoms with van der Waals surface area (Å²) >= 11 is 0. The van der Waals surface area contributed by atoms with Crippen molar-refractivity contribution in [1.82, 2.24) is 0 Å². The third kappa shape index (κ3) is 1.51. The fraction of sp³-hybridized carbons (Fsp3) is 0.333. The second-order valence-electron chi connectivity index (χ2n) is 3.12. The van der Waals surface area contributed by atoms with Crippen LogP contribution in [0.3, 0.4) is 0 Å². The Balaban J connectivity index is 2.32. The van der Waals surface area contributed by atoms with E-state index in [0.717, 1.165) is 25.7 Å². The van der Waals surface area contributed by atoms with Gasteiger partial charge in [-0.25, -0.2) is 0 Å². The van der Waals surface area contributed by atoms with Crippen LogP contribution < -0.4 is 0 Å². The van der Waals surface area contributed by atoms with Crippen molar-refractivity contribution < 1.29 is 0 Å². The molecule has 0 N–H and O–H groups in total. The highest BCUT2D eigenvalue weighted by Crippen LogP contribution is 2.14. The maximum Gasteiger partial charge on any atom is 0.0129 e. The Bertz CT molecular complexity index is 294. The van der Waals surface area contributed by atoms with Gasteiger partial charge in [-0.15, -0.1) is 11.8 Å². The number of aryl methyl sites for hydroxylation is 2. The normalized spacial score (nSPS) is 15.0. The maximum atomic E-state index is 3.18. The van der Waals surface area contributed by atoms with Crippen LogP contribution in [0.1, 0.15) is 24.0 Å². The summed E-state index contributed by atoms with van der Waals surface area (Å²) in [5.74, 6) is 6.36. The van der Waals surface area contributed by atoms with Crippen LogP contribution in [0.5, 0.6) is 0 Å². The first-order valence-corrected chi connectivity index (χ1v) is 4.49. The molecule has 0 atom stereocenters. The van der Waals surface area contributed by atoms with Crippen molar-refractivity contribution in [3.8, 4) is 11.8 Å². The van der Waals surface area contributed by atoms with Crippen LogP contribution in [0.4, 0.5) is 0 Å². The van der Waals surface area contributed by atoms with Crippen molar-refractivity contribution in [2.24, 2.45) is 0 Å². The Morgan fingerprint density at radius 3 is 1.83 bits per heavy atom. The van der Waals surface area contributed by atoms with Crippen LogP contribution in [-0.4, -0.2) is 0 Å². The number of benzene rings is 1. The summed E-state index contributed by atoms with van der Waals surface area (Å²) in [6.45, 7) is 0. The van der Waals surface area contributed by atoms with Crippen molar-refractivity contribution >= 4 is 0 Å². The maximum absolute atomic E-state index is 3.18. The Labute approximate surface area is 73.6 Å². The molecule has 0 unspecified atom stereocenters. The van der Waals surface area contributed by atoms with E-state index in [1.807, 2.05) is 0 Å². The Kier molecular flexibility index (Phi) is 2.14. The molecule has 1 aliphatic rings. The molecule has 0 spiro atoms. The van der Waals surface area contributed by atoms with Crippen LogP contribution in [0.15, 0.2) is 24.3 Å². The minimum Gasteiger partial charge on any atom is -0.103 e. The van der Waals surface area contributed by atoms with Crippen LogP contribution >= 0.6 is 0 Å². The summed E-state index contributed by atoms with van der Waals surface area (Å²) in [4.78, 5) is 0. The molecular weight excluding hydrogens is 144 g/mol. The van der Waals surface area contributed by atoms with Crippen molar-refractivity contribution in [3.05, 3.63) is 35.4 Å². The quantitative estimate of drug-likeness (QED) is 0.506. The molecular formula is C12H12. The molecule has 0 aliphatic heterocycles. The first kappa shape index (κ1) is 7.43. The topological polar surface area (TPSA) is 0 Å². The summed E-state index contributed by atoms with van der Waals surface area (Å²) in [6.07, 6.45) is 4.31. The third-order valence-electron chi connectivity index (χ3n) is 2.28. The van der Waals surface area contributed by atoms with E-state index in [1.165, 1.54) is 11.1 Å². The van der Waals surface area contributed by atoms with E-state index in [2.05, 4.69) is 36.1 Å². The van der Waals surface area contributed by atoms with Gasteiger partial charge in [0.2, 0.25) is 0 Å². The molecule has 0 heterocycles. The van der Waals surface area contributed by atoms with Gasteiger partial charge in [-0.2, -0.15) is 0 Å². The molecule has 0 heteroatoms. The monoisotopic (exact) mass is 156 g/mol. The molecule has 0 saturated heterocycles. The summed E-state index contributed by atoms with van der Waals surface area (Å²) in [5, 5.41) is 0. The Morgan fingerprint density at radius 1 is 0.833 bits per heavy atom. The first-order chi connectivity index (χ1) is 5.97. The second kappa shape index (κ2) is 3.45. The van der Waals surface area contributed by atoms with Gasteiger partial charge in [0, 0.05) is 12.8 Å². The van der Waals surface area contributed by atoms with Crippen molar-refractivity contribution in [3.63, 3.8) is 0 Å². The average Bonchev–Trinajstić information content (AvgIpc) is 2.06. The van der Waals surface area contributed by atoms with Crippen molar-refractivity contribution in [1.29, 1.82) is 0 Å². The summed E-state index contributed by atoms with van der Waals surface area (Å²) in [5.41, 5.74) is 2.98. The SMILES string of the molecule is C1#CCCc2ccccc2CC1. The Morgan fingerprint density at radius 2 is 1.33 bits per heavy atom. The van der Waals surface area contributed by atoms with Crippen molar-refractivity contribution in [2.75, 3.05) is 0 Å². The summed E-state index contributed by atoms with van der Waals surface area (Å²) < 4.78 is 0. The number of fused-ring (bicyclic) bond motifs is 1. The minimum atomic E-state index is 1.02. The average molecular weight is 156 g/mol. The minimum absolute atomic E-state index is 1.02.